The summed E-state index contributed by atoms with van der Waals surface area (Å²) in [6.45, 7) is 11.0. The maximum Gasteiger partial charge on any atom is 0.214 e. The second-order valence-corrected chi connectivity index (χ2v) is 9.96. The van der Waals surface area contributed by atoms with E-state index in [1.54, 1.807) is 19.1 Å². The molecule has 0 radical (unpaired) electrons. The van der Waals surface area contributed by atoms with E-state index < -0.39 is 0 Å². The summed E-state index contributed by atoms with van der Waals surface area (Å²) < 4.78 is 13.3. The number of tetrazole rings is 1. The van der Waals surface area contributed by atoms with Crippen molar-refractivity contribution in [3.05, 3.63) is 29.6 Å². The van der Waals surface area contributed by atoms with E-state index in [0.29, 0.717) is 0 Å². The number of methoxy groups -OCH3 is 2. The fourth-order valence-corrected chi connectivity index (χ4v) is 5.38. The Balaban J connectivity index is 1.70. The average Bonchev–Trinajstić information content (AvgIpc) is 3.47. The quantitative estimate of drug-likeness (QED) is 0.688. The molecule has 8 nitrogen and oxygen atoms in total. The van der Waals surface area contributed by atoms with Gasteiger partial charge in [-0.1, -0.05) is 0 Å². The number of nitrogens with zero attached hydrogens (tertiary/aromatic N) is 4. The third kappa shape index (κ3) is 4.55. The predicted octanol–water partition coefficient (Wildman–Crippen LogP) is 0.261. The summed E-state index contributed by atoms with van der Waals surface area (Å²) in [6, 6.07) is 6.87. The third-order valence-electron chi connectivity index (χ3n) is 7.01. The summed E-state index contributed by atoms with van der Waals surface area (Å²) in [7, 11) is 3.43. The van der Waals surface area contributed by atoms with Gasteiger partial charge in [0.25, 0.3) is 0 Å². The number of benzene rings is 1. The van der Waals surface area contributed by atoms with Crippen LogP contribution in [0.3, 0.4) is 0 Å². The molecule has 2 heterocycles. The van der Waals surface area contributed by atoms with Crippen molar-refractivity contribution in [2.24, 2.45) is 0 Å². The standard InChI is InChI=1S/C23H36N6O2/c1-23(2,3)29-22(24-25-26-29)21(19-16-18(30-4)10-11-20(19)31-5)28-14-12-27(13-15-28)17-8-6-7-9-17/h10-11,16-17,21H,6-9,12-15H2,1-5H3/p+2/t21-/m1/s1. The van der Waals surface area contributed by atoms with Gasteiger partial charge < -0.3 is 19.3 Å². The highest BCUT2D eigenvalue weighted by Crippen LogP contribution is 2.32. The molecule has 4 rings (SSSR count). The van der Waals surface area contributed by atoms with Gasteiger partial charge in [-0.25, -0.2) is 4.68 Å². The van der Waals surface area contributed by atoms with E-state index in [2.05, 4.69) is 42.4 Å². The van der Waals surface area contributed by atoms with E-state index in [-0.39, 0.29) is 11.6 Å². The van der Waals surface area contributed by atoms with E-state index in [9.17, 15) is 0 Å². The van der Waals surface area contributed by atoms with E-state index in [0.717, 1.165) is 42.0 Å². The molecular formula is C23H38N6O2+2. The molecule has 1 atom stereocenters. The Morgan fingerprint density at radius 3 is 2.35 bits per heavy atom. The second kappa shape index (κ2) is 9.12. The fraction of sp³-hybridized carbons (Fsp3) is 0.696. The van der Waals surface area contributed by atoms with Crippen molar-refractivity contribution >= 4 is 0 Å². The van der Waals surface area contributed by atoms with Crippen LogP contribution in [0.5, 0.6) is 11.5 Å². The van der Waals surface area contributed by atoms with Gasteiger partial charge in [0, 0.05) is 0 Å². The van der Waals surface area contributed by atoms with Crippen molar-refractivity contribution in [3.8, 4) is 11.5 Å². The number of hydrogen-bond acceptors (Lipinski definition) is 5. The van der Waals surface area contributed by atoms with Gasteiger partial charge >= 0.3 is 0 Å². The summed E-state index contributed by atoms with van der Waals surface area (Å²) in [5.74, 6) is 2.57. The van der Waals surface area contributed by atoms with Crippen molar-refractivity contribution in [1.29, 1.82) is 0 Å². The summed E-state index contributed by atoms with van der Waals surface area (Å²) in [5.41, 5.74) is 0.876. The first kappa shape index (κ1) is 22.0. The molecule has 1 aliphatic carbocycles. The lowest BCUT2D eigenvalue weighted by molar-refractivity contribution is -1.03. The normalized spacial score (nSPS) is 23.6. The van der Waals surface area contributed by atoms with Crippen LogP contribution >= 0.6 is 0 Å². The summed E-state index contributed by atoms with van der Waals surface area (Å²) >= 11 is 0. The summed E-state index contributed by atoms with van der Waals surface area (Å²) in [6.07, 6.45) is 5.57. The van der Waals surface area contributed by atoms with Gasteiger partial charge in [-0.05, 0) is 75.1 Å². The van der Waals surface area contributed by atoms with Crippen LogP contribution in [0, 0.1) is 0 Å². The fourth-order valence-electron chi connectivity index (χ4n) is 5.38. The molecule has 2 N–H and O–H groups in total. The van der Waals surface area contributed by atoms with E-state index >= 15 is 0 Å². The average molecular weight is 431 g/mol. The van der Waals surface area contributed by atoms with Crippen LogP contribution in [-0.4, -0.2) is 66.6 Å². The van der Waals surface area contributed by atoms with Gasteiger partial charge in [0.15, 0.2) is 6.04 Å². The van der Waals surface area contributed by atoms with Gasteiger partial charge in [0.2, 0.25) is 5.82 Å². The highest BCUT2D eigenvalue weighted by Gasteiger charge is 2.40. The van der Waals surface area contributed by atoms with Gasteiger partial charge in [-0.3, -0.25) is 0 Å². The molecule has 0 amide bonds. The van der Waals surface area contributed by atoms with Crippen LogP contribution in [0.2, 0.25) is 0 Å². The first-order valence-corrected chi connectivity index (χ1v) is 11.6. The highest BCUT2D eigenvalue weighted by atomic mass is 16.5. The number of nitrogens with one attached hydrogen (secondary N) is 2. The molecule has 1 aliphatic heterocycles. The highest BCUT2D eigenvalue weighted by molar-refractivity contribution is 5.43. The number of quaternary nitrogens is 2. The minimum Gasteiger partial charge on any atom is -0.497 e. The molecule has 2 aromatic rings. The van der Waals surface area contributed by atoms with Crippen LogP contribution in [0.1, 0.15) is 63.9 Å². The SMILES string of the molecule is COc1ccc(OC)c([C@H](c2nnnn2C(C)(C)C)[NH+]2CC[NH+](C3CCCC3)CC2)c1. The molecular weight excluding hydrogens is 392 g/mol. The molecule has 0 spiro atoms. The van der Waals surface area contributed by atoms with Crippen LogP contribution in [-0.2, 0) is 5.54 Å². The molecule has 2 fully saturated rings. The zero-order chi connectivity index (χ0) is 22.0. The minimum absolute atomic E-state index is 0.00981. The zero-order valence-electron chi connectivity index (χ0n) is 19.6. The van der Waals surface area contributed by atoms with Gasteiger partial charge in [-0.15, -0.1) is 5.10 Å². The van der Waals surface area contributed by atoms with Gasteiger partial charge in [-0.2, -0.15) is 0 Å². The van der Waals surface area contributed by atoms with Crippen LogP contribution < -0.4 is 19.3 Å². The monoisotopic (exact) mass is 430 g/mol. The predicted molar refractivity (Wildman–Crippen MR) is 118 cm³/mol. The van der Waals surface area contributed by atoms with Gasteiger partial charge in [0.05, 0.1) is 31.4 Å². The van der Waals surface area contributed by atoms with Crippen LogP contribution in [0.25, 0.3) is 0 Å². The Morgan fingerprint density at radius 1 is 1.03 bits per heavy atom. The van der Waals surface area contributed by atoms with E-state index in [4.69, 9.17) is 9.47 Å². The topological polar surface area (TPSA) is 70.9 Å². The lowest BCUT2D eigenvalue weighted by Gasteiger charge is -2.37. The molecule has 1 saturated heterocycles. The smallest absolute Gasteiger partial charge is 0.214 e. The molecule has 0 unspecified atom stereocenters. The number of piperazine rings is 1. The molecule has 0 bridgehead atoms. The molecule has 170 valence electrons. The molecule has 31 heavy (non-hydrogen) atoms. The van der Waals surface area contributed by atoms with Crippen molar-refractivity contribution in [1.82, 2.24) is 20.2 Å². The first-order chi connectivity index (χ1) is 14.9. The lowest BCUT2D eigenvalue weighted by atomic mass is 9.99. The minimum atomic E-state index is -0.209. The Hall–Kier alpha value is -2.19. The molecule has 8 heteroatoms. The van der Waals surface area contributed by atoms with Crippen molar-refractivity contribution < 1.29 is 19.3 Å². The largest absolute Gasteiger partial charge is 0.497 e. The molecule has 2 aliphatic rings. The zero-order valence-corrected chi connectivity index (χ0v) is 19.6. The Morgan fingerprint density at radius 2 is 1.74 bits per heavy atom. The number of hydrogen-bond donors (Lipinski definition) is 2. The first-order valence-electron chi connectivity index (χ1n) is 11.6. The van der Waals surface area contributed by atoms with Gasteiger partial charge in [0.1, 0.15) is 37.7 Å². The van der Waals surface area contributed by atoms with E-state index in [1.165, 1.54) is 43.7 Å². The molecule has 1 saturated carbocycles. The second-order valence-electron chi connectivity index (χ2n) is 9.96. The Labute approximate surface area is 185 Å². The number of aromatic nitrogens is 4. The molecule has 1 aromatic heterocycles. The van der Waals surface area contributed by atoms with Crippen LogP contribution in [0.4, 0.5) is 0 Å². The number of ether oxygens (including phenoxy) is 2. The lowest BCUT2D eigenvalue weighted by Crippen LogP contribution is -3.29. The number of rotatable bonds is 6. The molecule has 1 aromatic carbocycles. The van der Waals surface area contributed by atoms with Crippen LogP contribution in [0.15, 0.2) is 18.2 Å². The summed E-state index contributed by atoms with van der Waals surface area (Å²) in [4.78, 5) is 3.28. The van der Waals surface area contributed by atoms with Crippen molar-refractivity contribution in [2.75, 3.05) is 40.4 Å². The maximum absolute atomic E-state index is 5.79. The Kier molecular flexibility index (Phi) is 6.48. The Bertz CT molecular complexity index is 863. The summed E-state index contributed by atoms with van der Waals surface area (Å²) in [5, 5.41) is 13.0. The van der Waals surface area contributed by atoms with E-state index in [1.807, 2.05) is 16.8 Å². The third-order valence-corrected chi connectivity index (χ3v) is 7.01. The van der Waals surface area contributed by atoms with Crippen molar-refractivity contribution in [2.45, 2.75) is 64.1 Å². The van der Waals surface area contributed by atoms with Crippen molar-refractivity contribution in [3.63, 3.8) is 0 Å². The maximum atomic E-state index is 5.79.